The number of likely N-dealkylation sites (N-methyl/N-ethyl adjacent to an activating group) is 1. The van der Waals surface area contributed by atoms with Crippen LogP contribution in [-0.2, 0) is 39.7 Å². The highest BCUT2D eigenvalue weighted by Gasteiger charge is 2.61. The maximum Gasteiger partial charge on any atom is 0.410 e. The Morgan fingerprint density at radius 2 is 1.75 bits per heavy atom. The summed E-state index contributed by atoms with van der Waals surface area (Å²) < 4.78 is 34.6. The van der Waals surface area contributed by atoms with Gasteiger partial charge in [-0.1, -0.05) is 90.0 Å². The van der Waals surface area contributed by atoms with Gasteiger partial charge in [0, 0.05) is 40.0 Å². The third-order valence-electron chi connectivity index (χ3n) is 11.7. The lowest BCUT2D eigenvalue weighted by Gasteiger charge is -2.33. The van der Waals surface area contributed by atoms with Crippen LogP contribution in [0.1, 0.15) is 62.6 Å². The van der Waals surface area contributed by atoms with Crippen LogP contribution in [0.25, 0.3) is 11.1 Å². The number of ether oxygens (including phenoxy) is 6. The molecule has 0 bridgehead atoms. The van der Waals surface area contributed by atoms with Gasteiger partial charge in [0.25, 0.3) is 0 Å². The molecule has 60 heavy (non-hydrogen) atoms. The Morgan fingerprint density at radius 3 is 2.40 bits per heavy atom. The van der Waals surface area contributed by atoms with Crippen molar-refractivity contribution in [3.63, 3.8) is 0 Å². The summed E-state index contributed by atoms with van der Waals surface area (Å²) in [6, 6.07) is 20.3. The van der Waals surface area contributed by atoms with Crippen molar-refractivity contribution in [2.75, 3.05) is 34.9 Å². The lowest BCUT2D eigenvalue weighted by Crippen LogP contribution is -2.51. The quantitative estimate of drug-likeness (QED) is 0.0621. The van der Waals surface area contributed by atoms with Crippen molar-refractivity contribution in [2.45, 2.75) is 94.5 Å². The summed E-state index contributed by atoms with van der Waals surface area (Å²) in [5.74, 6) is -0.614. The van der Waals surface area contributed by atoms with E-state index in [9.17, 15) is 19.2 Å². The van der Waals surface area contributed by atoms with Crippen molar-refractivity contribution in [3.05, 3.63) is 112 Å². The number of hydrogen-bond acceptors (Lipinski definition) is 10. The summed E-state index contributed by atoms with van der Waals surface area (Å²) in [6.45, 7) is 5.41. The van der Waals surface area contributed by atoms with E-state index in [0.29, 0.717) is 30.0 Å². The van der Waals surface area contributed by atoms with Gasteiger partial charge >= 0.3 is 18.2 Å². The molecule has 0 aromatic heterocycles. The van der Waals surface area contributed by atoms with Crippen molar-refractivity contribution in [1.82, 2.24) is 15.5 Å². The highest BCUT2D eigenvalue weighted by Crippen LogP contribution is 2.46. The van der Waals surface area contributed by atoms with Gasteiger partial charge in [0.1, 0.15) is 36.2 Å². The normalized spacial score (nSPS) is 22.4. The van der Waals surface area contributed by atoms with E-state index in [-0.39, 0.29) is 24.9 Å². The number of alkyl carbamates (subject to hydrolysis) is 1. The van der Waals surface area contributed by atoms with Gasteiger partial charge in [0.2, 0.25) is 5.91 Å². The highest BCUT2D eigenvalue weighted by molar-refractivity contribution is 6.32. The molecule has 14 heteroatoms. The number of halogens is 1. The lowest BCUT2D eigenvalue weighted by molar-refractivity contribution is -0.158. The van der Waals surface area contributed by atoms with Gasteiger partial charge in [-0.2, -0.15) is 0 Å². The number of amides is 3. The molecule has 2 aliphatic heterocycles. The molecule has 3 aliphatic rings. The lowest BCUT2D eigenvalue weighted by atomic mass is 9.91. The fraction of sp³-hybridized carbons (Fsp3) is 0.435. The molecule has 2 fully saturated rings. The maximum atomic E-state index is 13.6. The largest absolute Gasteiger partial charge is 0.495 e. The molecule has 2 N–H and O–H groups in total. The van der Waals surface area contributed by atoms with E-state index < -0.39 is 60.3 Å². The minimum Gasteiger partial charge on any atom is -0.495 e. The summed E-state index contributed by atoms with van der Waals surface area (Å²) in [6.07, 6.45) is 3.21. The fourth-order valence-corrected chi connectivity index (χ4v) is 8.14. The molecule has 13 nitrogen and oxygen atoms in total. The molecule has 1 aliphatic carbocycles. The zero-order valence-corrected chi connectivity index (χ0v) is 35.8. The molecule has 320 valence electrons. The molecule has 0 saturated carbocycles. The van der Waals surface area contributed by atoms with Crippen LogP contribution in [0.15, 0.2) is 90.5 Å². The number of nitrogens with zero attached hydrogens (tertiary/aromatic N) is 1. The number of carbonyl (C=O) groups is 4. The van der Waals surface area contributed by atoms with Crippen LogP contribution in [0.5, 0.6) is 5.75 Å². The first kappa shape index (κ1) is 44.2. The Labute approximate surface area is 356 Å². The van der Waals surface area contributed by atoms with Crippen LogP contribution in [-0.4, -0.2) is 106 Å². The van der Waals surface area contributed by atoms with E-state index >= 15 is 0 Å². The monoisotopic (exact) mass is 843 g/mol. The number of benzene rings is 3. The number of carbonyl (C=O) groups excluding carboxylic acids is 4. The third-order valence-corrected chi connectivity index (χ3v) is 12.0. The average molecular weight is 844 g/mol. The van der Waals surface area contributed by atoms with Crippen LogP contribution in [0.2, 0.25) is 5.02 Å². The van der Waals surface area contributed by atoms with Gasteiger partial charge in [-0.15, -0.1) is 0 Å². The molecule has 6 rings (SSSR count). The van der Waals surface area contributed by atoms with Gasteiger partial charge in [0.15, 0.2) is 0 Å². The molecule has 0 spiro atoms. The van der Waals surface area contributed by atoms with Gasteiger partial charge in [-0.3, -0.25) is 9.69 Å². The minimum absolute atomic E-state index is 0.0908. The molecular weight excluding hydrogens is 790 g/mol. The number of esters is 1. The number of nitrogens with one attached hydrogen (secondary N) is 2. The predicted octanol–water partition coefficient (Wildman–Crippen LogP) is 7.14. The molecule has 3 unspecified atom stereocenters. The third kappa shape index (κ3) is 10.1. The Hall–Kier alpha value is -5.37. The fourth-order valence-electron chi connectivity index (χ4n) is 7.95. The molecule has 7 atom stereocenters. The number of rotatable bonds is 17. The maximum absolute atomic E-state index is 13.6. The Balaban J connectivity index is 1.04. The first-order valence-corrected chi connectivity index (χ1v) is 20.5. The van der Waals surface area contributed by atoms with Crippen LogP contribution >= 0.6 is 11.6 Å². The van der Waals surface area contributed by atoms with Gasteiger partial charge in [0.05, 0.1) is 36.8 Å². The van der Waals surface area contributed by atoms with Gasteiger partial charge in [-0.25, -0.2) is 14.4 Å². The zero-order valence-electron chi connectivity index (χ0n) is 35.1. The standard InChI is InChI=1S/C46H54ClN3O10/c1-27(21-29-19-20-36(47)39(22-29)56-7)13-12-18-38(55-6)37-23-30(58-44(53)49-37)24-41-46(3,60-41)40(25-42(51)48-4)59-43(52)28(2)50(5)45(54)57-26-35-33-16-10-8-14-31(33)32-15-9-11-17-34(32)35/h8-20,22,28,30,35,37-38,40-41H,21,23-26H2,1-7H3,(H,48,51)(H,49,53)/b18-12+,27-13+/t28-,30?,37?,38-,40+,41+,46?/m1/s1. The van der Waals surface area contributed by atoms with Crippen molar-refractivity contribution in [3.8, 4) is 16.9 Å². The average Bonchev–Trinajstić information content (AvgIpc) is 3.79. The van der Waals surface area contributed by atoms with E-state index in [0.717, 1.165) is 33.4 Å². The molecule has 3 aromatic carbocycles. The zero-order chi connectivity index (χ0) is 43.1. The second-order valence-electron chi connectivity index (χ2n) is 15.7. The van der Waals surface area contributed by atoms with Crippen LogP contribution < -0.4 is 15.4 Å². The number of fused-ring (bicyclic) bond motifs is 3. The summed E-state index contributed by atoms with van der Waals surface area (Å²) in [7, 11) is 6.12. The predicted molar refractivity (Wildman–Crippen MR) is 226 cm³/mol. The second kappa shape index (κ2) is 19.3. The smallest absolute Gasteiger partial charge is 0.410 e. The summed E-state index contributed by atoms with van der Waals surface area (Å²) >= 11 is 6.18. The summed E-state index contributed by atoms with van der Waals surface area (Å²) in [5.41, 5.74) is 5.44. The van der Waals surface area contributed by atoms with E-state index in [4.69, 9.17) is 40.0 Å². The van der Waals surface area contributed by atoms with Crippen molar-refractivity contribution in [2.24, 2.45) is 0 Å². The number of allylic oxidation sites excluding steroid dienone is 3. The number of cyclic esters (lactones) is 1. The topological polar surface area (TPSA) is 154 Å². The number of methoxy groups -OCH3 is 2. The first-order chi connectivity index (χ1) is 28.8. The van der Waals surface area contributed by atoms with E-state index in [1.165, 1.54) is 25.9 Å². The second-order valence-corrected chi connectivity index (χ2v) is 16.1. The minimum atomic E-state index is -1.06. The van der Waals surface area contributed by atoms with Crippen molar-refractivity contribution in [1.29, 1.82) is 0 Å². The number of hydrogen-bond donors (Lipinski definition) is 2. The number of epoxide rings is 1. The van der Waals surface area contributed by atoms with Crippen LogP contribution in [0, 0.1) is 0 Å². The molecule has 2 heterocycles. The van der Waals surface area contributed by atoms with Gasteiger partial charge < -0.3 is 39.1 Å². The van der Waals surface area contributed by atoms with Crippen LogP contribution in [0.3, 0.4) is 0 Å². The Bertz CT molecular complexity index is 2080. The molecular formula is C46H54ClN3O10. The van der Waals surface area contributed by atoms with E-state index in [1.54, 1.807) is 21.1 Å². The molecule has 0 radical (unpaired) electrons. The van der Waals surface area contributed by atoms with Crippen molar-refractivity contribution < 1.29 is 47.6 Å². The molecule has 3 aromatic rings. The SMILES string of the molecule is CNC(=O)C[C@H](OC(=O)[C@@H](C)N(C)C(=O)OCC1c2ccccc2-c2ccccc21)C1(C)O[C@H]1CC1CC([C@@H](/C=C/C=C(\C)Cc2ccc(Cl)c(OC)c2)OC)NC(=O)O1. The molecule has 3 amide bonds. The first-order valence-electron chi connectivity index (χ1n) is 20.1. The molecule has 2 saturated heterocycles. The summed E-state index contributed by atoms with van der Waals surface area (Å²) in [5, 5.41) is 6.00. The summed E-state index contributed by atoms with van der Waals surface area (Å²) in [4.78, 5) is 53.5. The van der Waals surface area contributed by atoms with E-state index in [2.05, 4.69) is 22.8 Å². The van der Waals surface area contributed by atoms with Gasteiger partial charge in [-0.05, 0) is 67.1 Å². The van der Waals surface area contributed by atoms with Crippen LogP contribution in [0.4, 0.5) is 9.59 Å². The Morgan fingerprint density at radius 1 is 1.07 bits per heavy atom. The highest BCUT2D eigenvalue weighted by atomic mass is 35.5. The van der Waals surface area contributed by atoms with Crippen molar-refractivity contribution >= 4 is 35.7 Å². The Kier molecular flexibility index (Phi) is 14.2. The van der Waals surface area contributed by atoms with E-state index in [1.807, 2.05) is 79.7 Å².